The molecule has 0 radical (unpaired) electrons. The summed E-state index contributed by atoms with van der Waals surface area (Å²) in [5.74, 6) is 0. The summed E-state index contributed by atoms with van der Waals surface area (Å²) in [7, 11) is 0. The molecule has 0 unspecified atom stereocenters. The number of hydrogen-bond donors (Lipinski definition) is 1. The second kappa shape index (κ2) is 3.33. The Hall–Kier alpha value is -0.400. The van der Waals surface area contributed by atoms with Gasteiger partial charge in [0, 0.05) is 4.90 Å². The van der Waals surface area contributed by atoms with Gasteiger partial charge in [-0.2, -0.15) is 0 Å². The van der Waals surface area contributed by atoms with Crippen LogP contribution in [0.15, 0.2) is 29.7 Å². The van der Waals surface area contributed by atoms with E-state index in [9.17, 15) is 0 Å². The van der Waals surface area contributed by atoms with Crippen LogP contribution in [0, 0.1) is 0 Å². The van der Waals surface area contributed by atoms with Crippen LogP contribution < -0.4 is 0 Å². The molecule has 58 valence electrons. The second-order valence-corrected chi connectivity index (χ2v) is 3.34. The average molecular weight is 185 g/mol. The van der Waals surface area contributed by atoms with Gasteiger partial charge in [0.1, 0.15) is 0 Å². The Morgan fingerprint density at radius 1 is 1.55 bits per heavy atom. The second-order valence-electron chi connectivity index (χ2n) is 2.45. The molecule has 0 nitrogen and oxygen atoms in total. The molecular weight excluding hydrogens is 176 g/mol. The van der Waals surface area contributed by atoms with Gasteiger partial charge in [0.05, 0.1) is 5.02 Å². The topological polar surface area (TPSA) is 0 Å². The van der Waals surface area contributed by atoms with E-state index >= 15 is 0 Å². The van der Waals surface area contributed by atoms with Crippen molar-refractivity contribution in [1.29, 1.82) is 0 Å². The van der Waals surface area contributed by atoms with Gasteiger partial charge in [0.15, 0.2) is 0 Å². The van der Waals surface area contributed by atoms with E-state index in [0.717, 1.165) is 16.0 Å². The number of allylic oxidation sites excluding steroid dienone is 1. The molecule has 0 saturated carbocycles. The molecule has 0 aliphatic carbocycles. The maximum atomic E-state index is 5.84. The molecule has 0 amide bonds. The number of halogens is 1. The van der Waals surface area contributed by atoms with Gasteiger partial charge < -0.3 is 0 Å². The molecule has 0 aliphatic rings. The van der Waals surface area contributed by atoms with Gasteiger partial charge in [-0.1, -0.05) is 29.8 Å². The van der Waals surface area contributed by atoms with Crippen molar-refractivity contribution in [2.24, 2.45) is 0 Å². The molecule has 11 heavy (non-hydrogen) atoms. The molecule has 0 saturated heterocycles. The first-order valence-electron chi connectivity index (χ1n) is 3.25. The van der Waals surface area contributed by atoms with E-state index in [-0.39, 0.29) is 0 Å². The Morgan fingerprint density at radius 3 is 2.64 bits per heavy atom. The van der Waals surface area contributed by atoms with E-state index < -0.39 is 0 Å². The Bertz CT molecular complexity index is 292. The standard InChI is InChI=1S/C9H9ClS/c1-6(2)7-3-4-9(11)8(10)5-7/h3-5,11H,1H2,2H3. The maximum Gasteiger partial charge on any atom is 0.0545 e. The van der Waals surface area contributed by atoms with Crippen LogP contribution in [0.1, 0.15) is 12.5 Å². The molecule has 1 rings (SSSR count). The summed E-state index contributed by atoms with van der Waals surface area (Å²) in [5, 5.41) is 0.675. The molecule has 1 aromatic rings. The first-order chi connectivity index (χ1) is 5.11. The lowest BCUT2D eigenvalue weighted by Crippen LogP contribution is -1.77. The molecule has 0 heterocycles. The minimum atomic E-state index is 0.675. The lowest BCUT2D eigenvalue weighted by Gasteiger charge is -2.01. The molecular formula is C9H9ClS. The summed E-state index contributed by atoms with van der Waals surface area (Å²) >= 11 is 9.99. The van der Waals surface area contributed by atoms with Gasteiger partial charge in [0.2, 0.25) is 0 Å². The fourth-order valence-corrected chi connectivity index (χ4v) is 1.09. The van der Waals surface area contributed by atoms with Crippen molar-refractivity contribution >= 4 is 29.8 Å². The van der Waals surface area contributed by atoms with Gasteiger partial charge in [-0.25, -0.2) is 0 Å². The molecule has 0 aromatic heterocycles. The van der Waals surface area contributed by atoms with E-state index in [0.29, 0.717) is 5.02 Å². The first kappa shape index (κ1) is 8.69. The number of rotatable bonds is 1. The number of thiol groups is 1. The van der Waals surface area contributed by atoms with E-state index in [4.69, 9.17) is 11.6 Å². The normalized spacial score (nSPS) is 9.73. The van der Waals surface area contributed by atoms with Crippen molar-refractivity contribution in [3.05, 3.63) is 35.4 Å². The van der Waals surface area contributed by atoms with Gasteiger partial charge >= 0.3 is 0 Å². The SMILES string of the molecule is C=C(C)c1ccc(S)c(Cl)c1. The molecule has 1 aromatic carbocycles. The van der Waals surface area contributed by atoms with Crippen LogP contribution in [-0.2, 0) is 0 Å². The zero-order chi connectivity index (χ0) is 8.43. The molecule has 0 fully saturated rings. The summed E-state index contributed by atoms with van der Waals surface area (Å²) in [5.41, 5.74) is 2.08. The molecule has 0 N–H and O–H groups in total. The Kier molecular flexibility index (Phi) is 2.63. The van der Waals surface area contributed by atoms with Crippen LogP contribution in [-0.4, -0.2) is 0 Å². The summed E-state index contributed by atoms with van der Waals surface area (Å²) in [6.45, 7) is 5.76. The first-order valence-corrected chi connectivity index (χ1v) is 4.08. The smallest absolute Gasteiger partial charge is 0.0545 e. The minimum absolute atomic E-state index is 0.675. The summed E-state index contributed by atoms with van der Waals surface area (Å²) < 4.78 is 0. The predicted octanol–water partition coefficient (Wildman–Crippen LogP) is 3.66. The highest BCUT2D eigenvalue weighted by atomic mass is 35.5. The highest BCUT2D eigenvalue weighted by molar-refractivity contribution is 7.80. The van der Waals surface area contributed by atoms with Crippen molar-refractivity contribution in [1.82, 2.24) is 0 Å². The maximum absolute atomic E-state index is 5.84. The molecule has 2 heteroatoms. The Balaban J connectivity index is 3.15. The third-order valence-electron chi connectivity index (χ3n) is 1.44. The van der Waals surface area contributed by atoms with E-state index in [1.54, 1.807) is 0 Å². The van der Waals surface area contributed by atoms with Crippen LogP contribution in [0.5, 0.6) is 0 Å². The average Bonchev–Trinajstić information content (AvgIpc) is 1.94. The third-order valence-corrected chi connectivity index (χ3v) is 2.27. The highest BCUT2D eigenvalue weighted by Gasteiger charge is 1.97. The van der Waals surface area contributed by atoms with Crippen molar-refractivity contribution < 1.29 is 0 Å². The number of benzene rings is 1. The Morgan fingerprint density at radius 2 is 2.18 bits per heavy atom. The van der Waals surface area contributed by atoms with Gasteiger partial charge in [-0.3, -0.25) is 0 Å². The quantitative estimate of drug-likeness (QED) is 0.633. The summed E-state index contributed by atoms with van der Waals surface area (Å²) in [4.78, 5) is 0.802. The highest BCUT2D eigenvalue weighted by Crippen LogP contribution is 2.23. The summed E-state index contributed by atoms with van der Waals surface area (Å²) in [6, 6.07) is 5.69. The monoisotopic (exact) mass is 184 g/mol. The lowest BCUT2D eigenvalue weighted by molar-refractivity contribution is 1.44. The minimum Gasteiger partial charge on any atom is -0.142 e. The van der Waals surface area contributed by atoms with Gasteiger partial charge in [0.25, 0.3) is 0 Å². The fourth-order valence-electron chi connectivity index (χ4n) is 0.772. The largest absolute Gasteiger partial charge is 0.142 e. The van der Waals surface area contributed by atoms with E-state index in [1.165, 1.54) is 0 Å². The van der Waals surface area contributed by atoms with Crippen molar-refractivity contribution in [3.63, 3.8) is 0 Å². The molecule has 0 atom stereocenters. The third kappa shape index (κ3) is 2.01. The van der Waals surface area contributed by atoms with E-state index in [2.05, 4.69) is 19.2 Å². The van der Waals surface area contributed by atoms with Crippen molar-refractivity contribution in [2.75, 3.05) is 0 Å². The zero-order valence-corrected chi connectivity index (χ0v) is 7.91. The summed E-state index contributed by atoms with van der Waals surface area (Å²) in [6.07, 6.45) is 0. The van der Waals surface area contributed by atoms with E-state index in [1.807, 2.05) is 25.1 Å². The molecule has 0 bridgehead atoms. The Labute approximate surface area is 77.3 Å². The van der Waals surface area contributed by atoms with Crippen LogP contribution in [0.2, 0.25) is 5.02 Å². The lowest BCUT2D eigenvalue weighted by atomic mass is 10.1. The number of hydrogen-bond acceptors (Lipinski definition) is 1. The fraction of sp³-hybridized carbons (Fsp3) is 0.111. The van der Waals surface area contributed by atoms with Crippen LogP contribution in [0.4, 0.5) is 0 Å². The zero-order valence-electron chi connectivity index (χ0n) is 6.26. The van der Waals surface area contributed by atoms with Crippen molar-refractivity contribution in [2.45, 2.75) is 11.8 Å². The predicted molar refractivity (Wildman–Crippen MR) is 53.4 cm³/mol. The van der Waals surface area contributed by atoms with Gasteiger partial charge in [-0.05, 0) is 24.6 Å². The van der Waals surface area contributed by atoms with Crippen molar-refractivity contribution in [3.8, 4) is 0 Å². The molecule has 0 aliphatic heterocycles. The van der Waals surface area contributed by atoms with Gasteiger partial charge in [-0.15, -0.1) is 12.6 Å². The van der Waals surface area contributed by atoms with Crippen LogP contribution in [0.25, 0.3) is 5.57 Å². The molecule has 0 spiro atoms. The van der Waals surface area contributed by atoms with Crippen LogP contribution >= 0.6 is 24.2 Å². The van der Waals surface area contributed by atoms with Crippen LogP contribution in [0.3, 0.4) is 0 Å².